The summed E-state index contributed by atoms with van der Waals surface area (Å²) in [6, 6.07) is 19.9. The number of imidazole rings is 1. The molecule has 3 aromatic carbocycles. The number of unbranched alkanes of at least 4 members (excludes halogenated alkanes) is 1. The molecule has 38 heavy (non-hydrogen) atoms. The summed E-state index contributed by atoms with van der Waals surface area (Å²) in [5, 5.41) is 3.04. The quantitative estimate of drug-likeness (QED) is 0.240. The van der Waals surface area contributed by atoms with E-state index in [0.717, 1.165) is 47.6 Å². The number of hydrogen-bond acceptors (Lipinski definition) is 5. The largest absolute Gasteiger partial charge is 0.493 e. The summed E-state index contributed by atoms with van der Waals surface area (Å²) >= 11 is 0. The van der Waals surface area contributed by atoms with Crippen LogP contribution in [0.1, 0.15) is 35.4 Å². The first-order chi connectivity index (χ1) is 18.5. The van der Waals surface area contributed by atoms with Gasteiger partial charge in [-0.05, 0) is 67.6 Å². The van der Waals surface area contributed by atoms with Gasteiger partial charge in [0, 0.05) is 19.5 Å². The van der Waals surface area contributed by atoms with Crippen LogP contribution in [-0.4, -0.2) is 42.8 Å². The number of nitrogens with zero attached hydrogens (tertiary/aromatic N) is 2. The smallest absolute Gasteiger partial charge is 0.224 e. The second-order valence-electron chi connectivity index (χ2n) is 9.41. The molecule has 1 heterocycles. The number of ether oxygens (including phenoxy) is 3. The molecule has 1 aromatic heterocycles. The number of aromatic nitrogens is 2. The Balaban J connectivity index is 1.31. The topological polar surface area (TPSA) is 74.6 Å². The molecule has 200 valence electrons. The van der Waals surface area contributed by atoms with Gasteiger partial charge in [0.2, 0.25) is 5.91 Å². The molecule has 0 aliphatic carbocycles. The number of aryl methyl sites for hydroxylation is 3. The van der Waals surface area contributed by atoms with E-state index in [1.807, 2.05) is 36.4 Å². The molecule has 4 rings (SSSR count). The molecule has 0 aliphatic rings. The normalized spacial score (nSPS) is 10.9. The van der Waals surface area contributed by atoms with Crippen LogP contribution in [0.3, 0.4) is 0 Å². The molecule has 7 nitrogen and oxygen atoms in total. The average molecular weight is 516 g/mol. The first kappa shape index (κ1) is 27.0. The zero-order chi connectivity index (χ0) is 26.9. The number of nitrogens with one attached hydrogen (secondary N) is 1. The van der Waals surface area contributed by atoms with Gasteiger partial charge in [-0.15, -0.1) is 0 Å². The van der Waals surface area contributed by atoms with Gasteiger partial charge in [-0.25, -0.2) is 4.98 Å². The third-order valence-corrected chi connectivity index (χ3v) is 6.65. The molecule has 0 radical (unpaired) electrons. The van der Waals surface area contributed by atoms with Gasteiger partial charge < -0.3 is 24.1 Å². The van der Waals surface area contributed by atoms with Crippen molar-refractivity contribution < 1.29 is 19.0 Å². The Morgan fingerprint density at radius 1 is 0.921 bits per heavy atom. The van der Waals surface area contributed by atoms with E-state index in [2.05, 4.69) is 48.0 Å². The fourth-order valence-electron chi connectivity index (χ4n) is 4.69. The highest BCUT2D eigenvalue weighted by Crippen LogP contribution is 2.27. The minimum atomic E-state index is -0.0384. The summed E-state index contributed by atoms with van der Waals surface area (Å²) in [4.78, 5) is 17.5. The van der Waals surface area contributed by atoms with Crippen molar-refractivity contribution in [3.05, 3.63) is 83.2 Å². The Labute approximate surface area is 224 Å². The zero-order valence-electron chi connectivity index (χ0n) is 22.8. The second kappa shape index (κ2) is 13.0. The van der Waals surface area contributed by atoms with Crippen molar-refractivity contribution in [2.24, 2.45) is 0 Å². The van der Waals surface area contributed by atoms with Crippen LogP contribution in [0.2, 0.25) is 0 Å². The maximum absolute atomic E-state index is 12.6. The van der Waals surface area contributed by atoms with Crippen LogP contribution in [-0.2, 0) is 24.2 Å². The standard InChI is InChI=1S/C31H37N3O4/c1-22-10-9-11-23(2)31(22)38-19-8-7-18-34-26-13-6-5-12-25(26)33-29(34)16-17-32-30(35)21-24-14-15-27(36-3)28(20-24)37-4/h5-6,9-15,20H,7-8,16-19,21H2,1-4H3,(H,32,35). The predicted octanol–water partition coefficient (Wildman–Crippen LogP) is 5.43. The summed E-state index contributed by atoms with van der Waals surface area (Å²) in [6.45, 7) is 6.22. The van der Waals surface area contributed by atoms with Crippen LogP contribution in [0.15, 0.2) is 60.7 Å². The molecule has 0 saturated heterocycles. The molecule has 0 fully saturated rings. The van der Waals surface area contributed by atoms with Gasteiger partial charge in [-0.1, -0.05) is 36.4 Å². The van der Waals surface area contributed by atoms with Crippen molar-refractivity contribution in [2.45, 2.75) is 46.1 Å². The van der Waals surface area contributed by atoms with Crippen molar-refractivity contribution in [1.82, 2.24) is 14.9 Å². The first-order valence-corrected chi connectivity index (χ1v) is 13.1. The van der Waals surface area contributed by atoms with E-state index in [0.29, 0.717) is 31.1 Å². The van der Waals surface area contributed by atoms with Crippen LogP contribution in [0.5, 0.6) is 17.2 Å². The van der Waals surface area contributed by atoms with Gasteiger partial charge in [0.1, 0.15) is 11.6 Å². The van der Waals surface area contributed by atoms with Gasteiger partial charge in [0.05, 0.1) is 38.3 Å². The molecule has 0 atom stereocenters. The Hall–Kier alpha value is -4.00. The number of rotatable bonds is 13. The molecule has 0 unspecified atom stereocenters. The lowest BCUT2D eigenvalue weighted by Crippen LogP contribution is -2.28. The minimum Gasteiger partial charge on any atom is -0.493 e. The second-order valence-corrected chi connectivity index (χ2v) is 9.41. The van der Waals surface area contributed by atoms with Crippen LogP contribution in [0, 0.1) is 13.8 Å². The monoisotopic (exact) mass is 515 g/mol. The van der Waals surface area contributed by atoms with E-state index in [-0.39, 0.29) is 12.3 Å². The van der Waals surface area contributed by atoms with E-state index in [9.17, 15) is 4.79 Å². The molecule has 7 heteroatoms. The number of carbonyl (C=O) groups is 1. The summed E-state index contributed by atoms with van der Waals surface area (Å²) < 4.78 is 19.0. The molecule has 0 aliphatic heterocycles. The maximum atomic E-state index is 12.6. The van der Waals surface area contributed by atoms with Gasteiger partial charge >= 0.3 is 0 Å². The van der Waals surface area contributed by atoms with Crippen LogP contribution >= 0.6 is 0 Å². The Kier molecular flexibility index (Phi) is 9.25. The van der Waals surface area contributed by atoms with Crippen molar-refractivity contribution in [3.8, 4) is 17.2 Å². The lowest BCUT2D eigenvalue weighted by Gasteiger charge is -2.13. The Bertz CT molecular complexity index is 1360. The third kappa shape index (κ3) is 6.65. The first-order valence-electron chi connectivity index (χ1n) is 13.1. The summed E-state index contributed by atoms with van der Waals surface area (Å²) in [5.74, 6) is 3.19. The highest BCUT2D eigenvalue weighted by atomic mass is 16.5. The van der Waals surface area contributed by atoms with Crippen molar-refractivity contribution >= 4 is 16.9 Å². The maximum Gasteiger partial charge on any atom is 0.224 e. The number of amides is 1. The van der Waals surface area contributed by atoms with Gasteiger partial charge in [-0.2, -0.15) is 0 Å². The highest BCUT2D eigenvalue weighted by Gasteiger charge is 2.12. The van der Waals surface area contributed by atoms with E-state index >= 15 is 0 Å². The molecule has 0 bridgehead atoms. The number of carbonyl (C=O) groups excluding carboxylic acids is 1. The van der Waals surface area contributed by atoms with Gasteiger partial charge in [-0.3, -0.25) is 4.79 Å². The summed E-state index contributed by atoms with van der Waals surface area (Å²) in [6.07, 6.45) is 2.86. The number of methoxy groups -OCH3 is 2. The van der Waals surface area contributed by atoms with Crippen molar-refractivity contribution in [3.63, 3.8) is 0 Å². The third-order valence-electron chi connectivity index (χ3n) is 6.65. The number of benzene rings is 3. The fourth-order valence-corrected chi connectivity index (χ4v) is 4.69. The number of para-hydroxylation sites is 3. The van der Waals surface area contributed by atoms with Gasteiger partial charge in [0.25, 0.3) is 0 Å². The predicted molar refractivity (Wildman–Crippen MR) is 150 cm³/mol. The SMILES string of the molecule is COc1ccc(CC(=O)NCCc2nc3ccccc3n2CCCCOc2c(C)cccc2C)cc1OC. The summed E-state index contributed by atoms with van der Waals surface area (Å²) in [5.41, 5.74) is 5.30. The molecular formula is C31H37N3O4. The molecular weight excluding hydrogens is 478 g/mol. The zero-order valence-corrected chi connectivity index (χ0v) is 22.8. The van der Waals surface area contributed by atoms with Crippen LogP contribution < -0.4 is 19.5 Å². The molecule has 0 saturated carbocycles. The number of fused-ring (bicyclic) bond motifs is 1. The molecule has 4 aromatic rings. The number of hydrogen-bond donors (Lipinski definition) is 1. The van der Waals surface area contributed by atoms with E-state index < -0.39 is 0 Å². The minimum absolute atomic E-state index is 0.0384. The Morgan fingerprint density at radius 3 is 2.45 bits per heavy atom. The van der Waals surface area contributed by atoms with Crippen LogP contribution in [0.4, 0.5) is 0 Å². The highest BCUT2D eigenvalue weighted by molar-refractivity contribution is 5.79. The van der Waals surface area contributed by atoms with Crippen molar-refractivity contribution in [2.75, 3.05) is 27.4 Å². The van der Waals surface area contributed by atoms with Gasteiger partial charge in [0.15, 0.2) is 11.5 Å². The fraction of sp³-hybridized carbons (Fsp3) is 0.355. The average Bonchev–Trinajstić information content (AvgIpc) is 3.27. The Morgan fingerprint density at radius 2 is 1.68 bits per heavy atom. The lowest BCUT2D eigenvalue weighted by atomic mass is 10.1. The molecule has 1 N–H and O–H groups in total. The molecule has 0 spiro atoms. The lowest BCUT2D eigenvalue weighted by molar-refractivity contribution is -0.120. The van der Waals surface area contributed by atoms with E-state index in [1.165, 1.54) is 11.1 Å². The summed E-state index contributed by atoms with van der Waals surface area (Å²) in [7, 11) is 3.18. The van der Waals surface area contributed by atoms with Crippen molar-refractivity contribution in [1.29, 1.82) is 0 Å². The van der Waals surface area contributed by atoms with E-state index in [4.69, 9.17) is 19.2 Å². The van der Waals surface area contributed by atoms with E-state index in [1.54, 1.807) is 14.2 Å². The molecule has 1 amide bonds. The van der Waals surface area contributed by atoms with Crippen LogP contribution in [0.25, 0.3) is 11.0 Å².